The molecular weight excluding hydrogens is 357 g/mol. The Morgan fingerprint density at radius 3 is 2.63 bits per heavy atom. The fourth-order valence-corrected chi connectivity index (χ4v) is 4.01. The number of carbonyl (C=O) groups excluding carboxylic acids is 1. The second-order valence-electron chi connectivity index (χ2n) is 7.43. The lowest BCUT2D eigenvalue weighted by atomic mass is 9.90. The maximum Gasteiger partial charge on any atom is 0.416 e. The number of halogens is 3. The van der Waals surface area contributed by atoms with E-state index in [-0.39, 0.29) is 5.91 Å². The molecule has 0 radical (unpaired) electrons. The minimum atomic E-state index is -4.31. The predicted octanol–water partition coefficient (Wildman–Crippen LogP) is 3.21. The first-order chi connectivity index (χ1) is 12.9. The van der Waals surface area contributed by atoms with Crippen LogP contribution in [0.5, 0.6) is 0 Å². The Morgan fingerprint density at radius 2 is 1.89 bits per heavy atom. The average molecular weight is 384 g/mol. The van der Waals surface area contributed by atoms with E-state index in [0.29, 0.717) is 50.8 Å². The molecule has 2 saturated heterocycles. The van der Waals surface area contributed by atoms with Gasteiger partial charge in [-0.05, 0) is 49.8 Å². The summed E-state index contributed by atoms with van der Waals surface area (Å²) >= 11 is 0. The van der Waals surface area contributed by atoms with Gasteiger partial charge in [0, 0.05) is 19.6 Å². The quantitative estimate of drug-likeness (QED) is 0.782. The van der Waals surface area contributed by atoms with Crippen LogP contribution in [0.25, 0.3) is 0 Å². The number of morpholine rings is 1. The smallest absolute Gasteiger partial charge is 0.378 e. The molecule has 2 fully saturated rings. The van der Waals surface area contributed by atoms with Crippen LogP contribution in [0.3, 0.4) is 0 Å². The molecule has 1 amide bonds. The Morgan fingerprint density at radius 1 is 1.15 bits per heavy atom. The summed E-state index contributed by atoms with van der Waals surface area (Å²) in [7, 11) is 0. The fourth-order valence-electron chi connectivity index (χ4n) is 4.01. The number of hydrogen-bond acceptors (Lipinski definition) is 3. The molecule has 0 bridgehead atoms. The van der Waals surface area contributed by atoms with Gasteiger partial charge < -0.3 is 9.64 Å². The average Bonchev–Trinajstić information content (AvgIpc) is 2.67. The Kier molecular flexibility index (Phi) is 6.76. The summed E-state index contributed by atoms with van der Waals surface area (Å²) < 4.78 is 44.7. The molecule has 4 nitrogen and oxygen atoms in total. The predicted molar refractivity (Wildman–Crippen MR) is 96.3 cm³/mol. The van der Waals surface area contributed by atoms with Crippen molar-refractivity contribution in [3.05, 3.63) is 35.4 Å². The van der Waals surface area contributed by atoms with Gasteiger partial charge in [-0.25, -0.2) is 0 Å². The van der Waals surface area contributed by atoms with Gasteiger partial charge in [0.2, 0.25) is 5.91 Å². The van der Waals surface area contributed by atoms with E-state index in [0.717, 1.165) is 38.4 Å². The molecule has 0 N–H and O–H groups in total. The van der Waals surface area contributed by atoms with Gasteiger partial charge >= 0.3 is 6.18 Å². The molecule has 1 atom stereocenters. The van der Waals surface area contributed by atoms with Crippen LogP contribution in [0.2, 0.25) is 0 Å². The first-order valence-corrected chi connectivity index (χ1v) is 9.66. The Balaban J connectivity index is 1.51. The SMILES string of the molecule is O=C(CN1CCC[C@H](CCc2ccccc2C(F)(F)F)C1)N1CCOCC1. The maximum absolute atomic E-state index is 13.1. The summed E-state index contributed by atoms with van der Waals surface area (Å²) in [6.45, 7) is 4.53. The van der Waals surface area contributed by atoms with Gasteiger partial charge in [-0.2, -0.15) is 13.2 Å². The van der Waals surface area contributed by atoms with Crippen LogP contribution in [-0.2, 0) is 22.1 Å². The van der Waals surface area contributed by atoms with Crippen molar-refractivity contribution in [2.24, 2.45) is 5.92 Å². The molecule has 2 heterocycles. The summed E-state index contributed by atoms with van der Waals surface area (Å²) in [5, 5.41) is 0. The molecule has 3 rings (SSSR count). The monoisotopic (exact) mass is 384 g/mol. The molecule has 150 valence electrons. The van der Waals surface area contributed by atoms with Crippen LogP contribution in [0.1, 0.15) is 30.4 Å². The number of likely N-dealkylation sites (tertiary alicyclic amines) is 1. The van der Waals surface area contributed by atoms with Crippen molar-refractivity contribution in [1.82, 2.24) is 9.80 Å². The highest BCUT2D eigenvalue weighted by molar-refractivity contribution is 5.78. The minimum Gasteiger partial charge on any atom is -0.378 e. The maximum atomic E-state index is 13.1. The number of hydrogen-bond donors (Lipinski definition) is 0. The zero-order valence-electron chi connectivity index (χ0n) is 15.5. The third kappa shape index (κ3) is 5.69. The first kappa shape index (κ1) is 20.1. The normalized spacial score (nSPS) is 22.0. The van der Waals surface area contributed by atoms with Crippen LogP contribution in [-0.4, -0.2) is 61.6 Å². The van der Waals surface area contributed by atoms with Crippen LogP contribution >= 0.6 is 0 Å². The van der Waals surface area contributed by atoms with Crippen molar-refractivity contribution in [3.8, 4) is 0 Å². The number of amides is 1. The molecule has 0 aliphatic carbocycles. The van der Waals surface area contributed by atoms with E-state index in [1.807, 2.05) is 4.90 Å². The molecule has 0 unspecified atom stereocenters. The zero-order chi connectivity index (χ0) is 19.3. The van der Waals surface area contributed by atoms with E-state index in [4.69, 9.17) is 4.74 Å². The minimum absolute atomic E-state index is 0.126. The second kappa shape index (κ2) is 9.06. The van der Waals surface area contributed by atoms with Gasteiger partial charge in [-0.1, -0.05) is 18.2 Å². The number of carbonyl (C=O) groups is 1. The molecule has 2 aliphatic rings. The van der Waals surface area contributed by atoms with Crippen LogP contribution in [0.4, 0.5) is 13.2 Å². The number of aryl methyl sites for hydroxylation is 1. The Labute approximate surface area is 158 Å². The van der Waals surface area contributed by atoms with E-state index >= 15 is 0 Å². The van der Waals surface area contributed by atoms with Crippen molar-refractivity contribution in [2.75, 3.05) is 45.9 Å². The lowest BCUT2D eigenvalue weighted by Crippen LogP contribution is -2.47. The second-order valence-corrected chi connectivity index (χ2v) is 7.43. The lowest BCUT2D eigenvalue weighted by Gasteiger charge is -2.35. The molecular formula is C20H27F3N2O2. The summed E-state index contributed by atoms with van der Waals surface area (Å²) in [5.41, 5.74) is -0.160. The number of rotatable bonds is 5. The molecule has 27 heavy (non-hydrogen) atoms. The third-order valence-electron chi connectivity index (χ3n) is 5.47. The Hall–Kier alpha value is -1.60. The van der Waals surface area contributed by atoms with Crippen molar-refractivity contribution in [1.29, 1.82) is 0 Å². The van der Waals surface area contributed by atoms with Crippen molar-refractivity contribution in [2.45, 2.75) is 31.9 Å². The van der Waals surface area contributed by atoms with Crippen LogP contribution < -0.4 is 0 Å². The van der Waals surface area contributed by atoms with E-state index < -0.39 is 11.7 Å². The standard InChI is InChI=1S/C20H27F3N2O2/c21-20(22,23)18-6-2-1-5-17(18)8-7-16-4-3-9-24(14-16)15-19(26)25-10-12-27-13-11-25/h1-2,5-6,16H,3-4,7-15H2/t16-/m1/s1. The van der Waals surface area contributed by atoms with Gasteiger partial charge in [-0.15, -0.1) is 0 Å². The summed E-state index contributed by atoms with van der Waals surface area (Å²) in [4.78, 5) is 16.4. The largest absolute Gasteiger partial charge is 0.416 e. The molecule has 0 aromatic heterocycles. The topological polar surface area (TPSA) is 32.8 Å². The van der Waals surface area contributed by atoms with Gasteiger partial charge in [0.25, 0.3) is 0 Å². The van der Waals surface area contributed by atoms with Gasteiger partial charge in [0.1, 0.15) is 0 Å². The fraction of sp³-hybridized carbons (Fsp3) is 0.650. The molecule has 2 aliphatic heterocycles. The van der Waals surface area contributed by atoms with E-state index in [1.165, 1.54) is 6.07 Å². The molecule has 7 heteroatoms. The van der Waals surface area contributed by atoms with E-state index in [2.05, 4.69) is 4.90 Å². The highest BCUT2D eigenvalue weighted by atomic mass is 19.4. The van der Waals surface area contributed by atoms with E-state index in [1.54, 1.807) is 12.1 Å². The van der Waals surface area contributed by atoms with Gasteiger partial charge in [-0.3, -0.25) is 9.69 Å². The van der Waals surface area contributed by atoms with Crippen molar-refractivity contribution < 1.29 is 22.7 Å². The van der Waals surface area contributed by atoms with Crippen LogP contribution in [0.15, 0.2) is 24.3 Å². The van der Waals surface area contributed by atoms with Gasteiger partial charge in [0.05, 0.1) is 25.3 Å². The molecule has 0 saturated carbocycles. The number of piperidine rings is 1. The summed E-state index contributed by atoms with van der Waals surface area (Å²) in [6, 6.07) is 5.83. The summed E-state index contributed by atoms with van der Waals surface area (Å²) in [5.74, 6) is 0.457. The first-order valence-electron chi connectivity index (χ1n) is 9.66. The van der Waals surface area contributed by atoms with Crippen molar-refractivity contribution >= 4 is 5.91 Å². The van der Waals surface area contributed by atoms with Crippen LogP contribution in [0, 0.1) is 5.92 Å². The third-order valence-corrected chi connectivity index (χ3v) is 5.47. The summed E-state index contributed by atoms with van der Waals surface area (Å²) in [6.07, 6.45) is -1.17. The van der Waals surface area contributed by atoms with Gasteiger partial charge in [0.15, 0.2) is 0 Å². The van der Waals surface area contributed by atoms with Crippen molar-refractivity contribution in [3.63, 3.8) is 0 Å². The number of benzene rings is 1. The highest BCUT2D eigenvalue weighted by Crippen LogP contribution is 2.33. The number of alkyl halides is 3. The lowest BCUT2D eigenvalue weighted by molar-refractivity contribution is -0.138. The molecule has 0 spiro atoms. The highest BCUT2D eigenvalue weighted by Gasteiger charge is 2.33. The number of ether oxygens (including phenoxy) is 1. The molecule has 1 aromatic rings. The number of nitrogens with zero attached hydrogens (tertiary/aromatic N) is 2. The zero-order valence-corrected chi connectivity index (χ0v) is 15.5. The Bertz CT molecular complexity index is 630. The van der Waals surface area contributed by atoms with E-state index in [9.17, 15) is 18.0 Å². The molecule has 1 aromatic carbocycles.